The zero-order chi connectivity index (χ0) is 27.5. The number of ether oxygens (including phenoxy) is 2. The van der Waals surface area contributed by atoms with Gasteiger partial charge in [-0.2, -0.15) is 0 Å². The topological polar surface area (TPSA) is 131 Å². The number of urea groups is 1. The van der Waals surface area contributed by atoms with Gasteiger partial charge in [-0.3, -0.25) is 14.4 Å². The van der Waals surface area contributed by atoms with Crippen LogP contribution in [0, 0.1) is 0 Å². The fourth-order valence-corrected chi connectivity index (χ4v) is 4.81. The van der Waals surface area contributed by atoms with Crippen molar-refractivity contribution in [2.24, 2.45) is 0 Å². The molecule has 2 N–H and O–H groups in total. The summed E-state index contributed by atoms with van der Waals surface area (Å²) in [5.41, 5.74) is 1.07. The van der Waals surface area contributed by atoms with Crippen molar-refractivity contribution in [3.05, 3.63) is 103 Å². The molecule has 0 bridgehead atoms. The van der Waals surface area contributed by atoms with Gasteiger partial charge in [0.25, 0.3) is 15.9 Å². The van der Waals surface area contributed by atoms with Gasteiger partial charge in [0, 0.05) is 6.54 Å². The molecule has 0 spiro atoms. The molecule has 10 nitrogen and oxygen atoms in total. The van der Waals surface area contributed by atoms with E-state index in [1.165, 1.54) is 41.8 Å². The number of nitrogens with zero attached hydrogens (tertiary/aromatic N) is 1. The molecule has 0 saturated heterocycles. The third-order valence-electron chi connectivity index (χ3n) is 5.18. The molecule has 198 valence electrons. The van der Waals surface area contributed by atoms with E-state index in [1.807, 2.05) is 35.6 Å². The predicted octanol–water partition coefficient (Wildman–Crippen LogP) is 3.26. The van der Waals surface area contributed by atoms with Crippen LogP contribution in [0.4, 0.5) is 10.5 Å². The molecule has 3 rings (SSSR count). The van der Waals surface area contributed by atoms with Crippen molar-refractivity contribution in [3.63, 3.8) is 0 Å². The van der Waals surface area contributed by atoms with E-state index < -0.39 is 34.5 Å². The average molecular weight is 538 g/mol. The van der Waals surface area contributed by atoms with Crippen molar-refractivity contribution in [3.8, 4) is 5.75 Å². The van der Waals surface area contributed by atoms with Gasteiger partial charge >= 0.3 is 12.0 Å². The molecule has 0 aromatic heterocycles. The first-order chi connectivity index (χ1) is 18.2. The molecule has 0 heterocycles. The van der Waals surface area contributed by atoms with Crippen molar-refractivity contribution in [1.29, 1.82) is 0 Å². The molecule has 0 radical (unpaired) electrons. The molecule has 38 heavy (non-hydrogen) atoms. The molecule has 0 aliphatic carbocycles. The number of imide groups is 1. The lowest BCUT2D eigenvalue weighted by Crippen LogP contribution is -2.41. The first-order valence-electron chi connectivity index (χ1n) is 11.4. The van der Waals surface area contributed by atoms with Crippen LogP contribution in [0.15, 0.2) is 96.4 Å². The Bertz CT molecular complexity index is 1390. The summed E-state index contributed by atoms with van der Waals surface area (Å²) >= 11 is 0. The van der Waals surface area contributed by atoms with Gasteiger partial charge in [-0.15, -0.1) is 6.58 Å². The number of amides is 3. The molecular formula is C27H27N3O7S. The maximum absolute atomic E-state index is 13.8. The minimum Gasteiger partial charge on any atom is -0.497 e. The number of anilines is 1. The fraction of sp³-hybridized carbons (Fsp3) is 0.148. The number of hydrogen-bond donors (Lipinski definition) is 2. The number of esters is 1. The highest BCUT2D eigenvalue weighted by atomic mass is 32.2. The third kappa shape index (κ3) is 7.43. The maximum Gasteiger partial charge on any atom is 0.338 e. The number of methoxy groups -OCH3 is 1. The van der Waals surface area contributed by atoms with E-state index in [2.05, 4.69) is 11.9 Å². The molecule has 0 saturated carbocycles. The van der Waals surface area contributed by atoms with Crippen molar-refractivity contribution in [1.82, 2.24) is 10.6 Å². The minimum atomic E-state index is -4.14. The van der Waals surface area contributed by atoms with Crippen molar-refractivity contribution >= 4 is 33.6 Å². The summed E-state index contributed by atoms with van der Waals surface area (Å²) in [5, 5.41) is 4.34. The quantitative estimate of drug-likeness (QED) is 0.284. The van der Waals surface area contributed by atoms with Gasteiger partial charge in [-0.05, 0) is 48.0 Å². The summed E-state index contributed by atoms with van der Waals surface area (Å²) in [4.78, 5) is 35.8. The Hall–Kier alpha value is -4.64. The number of hydrogen-bond acceptors (Lipinski definition) is 7. The molecule has 3 aromatic carbocycles. The minimum absolute atomic E-state index is 0.0399. The zero-order valence-electron chi connectivity index (χ0n) is 20.6. The Morgan fingerprint density at radius 2 is 1.68 bits per heavy atom. The summed E-state index contributed by atoms with van der Waals surface area (Å²) in [6.07, 6.45) is 1.43. The van der Waals surface area contributed by atoms with Crippen LogP contribution in [0.1, 0.15) is 15.9 Å². The number of carbonyl (C=O) groups is 3. The maximum atomic E-state index is 13.8. The van der Waals surface area contributed by atoms with Crippen LogP contribution in [0.3, 0.4) is 0 Å². The average Bonchev–Trinajstić information content (AvgIpc) is 2.94. The van der Waals surface area contributed by atoms with Gasteiger partial charge in [0.2, 0.25) is 0 Å². The number of nitrogens with one attached hydrogen (secondary N) is 2. The third-order valence-corrected chi connectivity index (χ3v) is 6.95. The van der Waals surface area contributed by atoms with Crippen molar-refractivity contribution in [2.45, 2.75) is 11.4 Å². The fourth-order valence-electron chi connectivity index (χ4n) is 3.31. The Balaban J connectivity index is 1.82. The lowest BCUT2D eigenvalue weighted by Gasteiger charge is -2.25. The van der Waals surface area contributed by atoms with Crippen LogP contribution < -0.4 is 19.7 Å². The summed E-state index contributed by atoms with van der Waals surface area (Å²) in [5.74, 6) is -1.21. The predicted molar refractivity (Wildman–Crippen MR) is 141 cm³/mol. The number of benzene rings is 3. The summed E-state index contributed by atoms with van der Waals surface area (Å²) in [6, 6.07) is 20.2. The molecule has 0 unspecified atom stereocenters. The van der Waals surface area contributed by atoms with E-state index >= 15 is 0 Å². The van der Waals surface area contributed by atoms with E-state index in [-0.39, 0.29) is 23.5 Å². The van der Waals surface area contributed by atoms with Gasteiger partial charge in [-0.25, -0.2) is 18.0 Å². The van der Waals surface area contributed by atoms with Crippen molar-refractivity contribution in [2.75, 3.05) is 24.6 Å². The molecule has 0 aliphatic heterocycles. The second-order valence-electron chi connectivity index (χ2n) is 7.85. The van der Waals surface area contributed by atoms with Crippen molar-refractivity contribution < 1.29 is 32.3 Å². The Morgan fingerprint density at radius 3 is 2.34 bits per heavy atom. The molecule has 3 amide bonds. The number of rotatable bonds is 11. The lowest BCUT2D eigenvalue weighted by molar-refractivity contribution is -0.123. The van der Waals surface area contributed by atoms with E-state index in [0.717, 1.165) is 5.56 Å². The lowest BCUT2D eigenvalue weighted by atomic mass is 10.2. The van der Waals surface area contributed by atoms with Gasteiger partial charge in [0.05, 0.1) is 29.8 Å². The SMILES string of the molecule is C=CCNC(=O)NC(=O)COC(=O)c1cccc(S(=O)(=O)N(Cc2ccccc2)c2ccc(OC)cc2)c1. The van der Waals surface area contributed by atoms with Gasteiger partial charge < -0.3 is 14.8 Å². The number of sulfonamides is 1. The highest BCUT2D eigenvalue weighted by Crippen LogP contribution is 2.28. The zero-order valence-corrected chi connectivity index (χ0v) is 21.4. The monoisotopic (exact) mass is 537 g/mol. The van der Waals surface area contributed by atoms with Crippen LogP contribution in [0.5, 0.6) is 5.75 Å². The summed E-state index contributed by atoms with van der Waals surface area (Å²) in [7, 11) is -2.63. The highest BCUT2D eigenvalue weighted by Gasteiger charge is 2.26. The Morgan fingerprint density at radius 1 is 0.974 bits per heavy atom. The number of carbonyl (C=O) groups excluding carboxylic acids is 3. The molecule has 11 heteroatoms. The van der Waals surface area contributed by atoms with Crippen LogP contribution in [0.2, 0.25) is 0 Å². The standard InChI is InChI=1S/C27H27N3O7S/c1-3-16-28-27(33)29-25(31)19-37-26(32)21-10-7-11-24(17-21)38(34,35)30(18-20-8-5-4-6-9-20)22-12-14-23(36-2)15-13-22/h3-15,17H,1,16,18-19H2,2H3,(H2,28,29,31,33). The summed E-state index contributed by atoms with van der Waals surface area (Å²) in [6.45, 7) is 2.90. The van der Waals surface area contributed by atoms with E-state index in [0.29, 0.717) is 11.4 Å². The Kier molecular flexibility index (Phi) is 9.60. The molecular weight excluding hydrogens is 510 g/mol. The highest BCUT2D eigenvalue weighted by molar-refractivity contribution is 7.92. The van der Waals surface area contributed by atoms with Crippen LogP contribution in [0.25, 0.3) is 0 Å². The van der Waals surface area contributed by atoms with Gasteiger partial charge in [0.1, 0.15) is 5.75 Å². The van der Waals surface area contributed by atoms with E-state index in [1.54, 1.807) is 24.3 Å². The van der Waals surface area contributed by atoms with Gasteiger partial charge in [0.15, 0.2) is 6.61 Å². The molecule has 0 atom stereocenters. The van der Waals surface area contributed by atoms with E-state index in [9.17, 15) is 22.8 Å². The Labute approximate surface area is 220 Å². The molecule has 0 aliphatic rings. The smallest absolute Gasteiger partial charge is 0.338 e. The van der Waals surface area contributed by atoms with Crippen LogP contribution >= 0.6 is 0 Å². The normalized spacial score (nSPS) is 10.7. The van der Waals surface area contributed by atoms with E-state index in [4.69, 9.17) is 9.47 Å². The van der Waals surface area contributed by atoms with Gasteiger partial charge in [-0.1, -0.05) is 42.5 Å². The first-order valence-corrected chi connectivity index (χ1v) is 12.8. The second-order valence-corrected chi connectivity index (χ2v) is 9.71. The second kappa shape index (κ2) is 13.1. The summed E-state index contributed by atoms with van der Waals surface area (Å²) < 4.78 is 38.9. The molecule has 0 fully saturated rings. The first kappa shape index (κ1) is 27.9. The largest absolute Gasteiger partial charge is 0.497 e. The molecule has 3 aromatic rings. The van der Waals surface area contributed by atoms with Crippen LogP contribution in [-0.4, -0.2) is 46.6 Å². The van der Waals surface area contributed by atoms with Crippen LogP contribution in [-0.2, 0) is 26.1 Å².